The van der Waals surface area contributed by atoms with Gasteiger partial charge in [0, 0.05) is 25.0 Å². The third kappa shape index (κ3) is 2.44. The van der Waals surface area contributed by atoms with Gasteiger partial charge in [-0.05, 0) is 35.7 Å². The van der Waals surface area contributed by atoms with Gasteiger partial charge in [-0.25, -0.2) is 0 Å². The van der Waals surface area contributed by atoms with Crippen LogP contribution in [0.1, 0.15) is 27.2 Å². The average Bonchev–Trinajstić information content (AvgIpc) is 2.32. The molecule has 0 aromatic carbocycles. The quantitative estimate of drug-likeness (QED) is 0.845. The molecule has 0 aliphatic rings. The lowest BCUT2D eigenvalue weighted by Crippen LogP contribution is -2.17. The Hall–Kier alpha value is -2.30. The summed E-state index contributed by atoms with van der Waals surface area (Å²) < 4.78 is 0. The summed E-state index contributed by atoms with van der Waals surface area (Å²) in [6.45, 7) is 2.00. The Morgan fingerprint density at radius 1 is 1.29 bits per heavy atom. The molecule has 5 nitrogen and oxygen atoms in total. The molecule has 0 fully saturated rings. The first-order valence-corrected chi connectivity index (χ1v) is 5.18. The number of nitrogens with zero attached hydrogens (tertiary/aromatic N) is 3. The molecule has 0 aliphatic heterocycles. The minimum absolute atomic E-state index is 0.218. The molecule has 0 atom stereocenters. The molecule has 2 heterocycles. The molecule has 0 aliphatic carbocycles. The van der Waals surface area contributed by atoms with Crippen molar-refractivity contribution in [1.29, 1.82) is 0 Å². The second kappa shape index (κ2) is 4.69. The number of rotatable bonds is 3. The van der Waals surface area contributed by atoms with Crippen LogP contribution in [0, 0.1) is 6.92 Å². The molecular weight excluding hydrogens is 216 g/mol. The number of amides is 1. The van der Waals surface area contributed by atoms with Crippen molar-refractivity contribution in [3.8, 4) is 0 Å². The van der Waals surface area contributed by atoms with Gasteiger partial charge in [0.25, 0.3) is 5.91 Å². The number of nitrogens with two attached hydrogens (primary N) is 1. The van der Waals surface area contributed by atoms with Crippen molar-refractivity contribution in [2.24, 2.45) is 5.73 Å². The molecule has 2 rings (SSSR count). The van der Waals surface area contributed by atoms with E-state index < -0.39 is 5.91 Å². The molecule has 2 aromatic rings. The van der Waals surface area contributed by atoms with Crippen molar-refractivity contribution in [3.63, 3.8) is 0 Å². The third-order valence-electron chi connectivity index (χ3n) is 2.57. The van der Waals surface area contributed by atoms with Gasteiger partial charge in [0.05, 0.1) is 0 Å². The van der Waals surface area contributed by atoms with Gasteiger partial charge in [0.2, 0.25) is 0 Å². The molecule has 0 radical (unpaired) electrons. The second-order valence-electron chi connectivity index (χ2n) is 3.75. The van der Waals surface area contributed by atoms with Crippen LogP contribution in [-0.2, 0) is 6.42 Å². The summed E-state index contributed by atoms with van der Waals surface area (Å²) in [5.74, 6) is -0.561. The summed E-state index contributed by atoms with van der Waals surface area (Å²) in [4.78, 5) is 15.3. The Labute approximate surface area is 98.7 Å². The molecule has 5 heteroatoms. The summed E-state index contributed by atoms with van der Waals surface area (Å²) in [6.07, 6.45) is 5.64. The Kier molecular flexibility index (Phi) is 3.09. The normalized spacial score (nSPS) is 10.2. The van der Waals surface area contributed by atoms with Crippen LogP contribution in [0.3, 0.4) is 0 Å². The lowest BCUT2D eigenvalue weighted by molar-refractivity contribution is 0.0993. The molecule has 0 saturated heterocycles. The van der Waals surface area contributed by atoms with Crippen LogP contribution in [0.2, 0.25) is 0 Å². The van der Waals surface area contributed by atoms with Crippen molar-refractivity contribution in [2.45, 2.75) is 13.3 Å². The topological polar surface area (TPSA) is 81.8 Å². The van der Waals surface area contributed by atoms with Crippen molar-refractivity contribution in [3.05, 3.63) is 53.1 Å². The fourth-order valence-corrected chi connectivity index (χ4v) is 1.59. The van der Waals surface area contributed by atoms with Gasteiger partial charge in [0.15, 0.2) is 5.69 Å². The molecule has 0 bridgehead atoms. The lowest BCUT2D eigenvalue weighted by Gasteiger charge is -2.06. The highest BCUT2D eigenvalue weighted by molar-refractivity contribution is 5.92. The van der Waals surface area contributed by atoms with Gasteiger partial charge in [0.1, 0.15) is 0 Å². The summed E-state index contributed by atoms with van der Waals surface area (Å²) in [6, 6.07) is 3.67. The fourth-order valence-electron chi connectivity index (χ4n) is 1.59. The van der Waals surface area contributed by atoms with Crippen LogP contribution in [0.4, 0.5) is 0 Å². The molecule has 86 valence electrons. The molecular formula is C12H12N4O. The second-order valence-corrected chi connectivity index (χ2v) is 3.75. The van der Waals surface area contributed by atoms with E-state index in [1.807, 2.05) is 13.0 Å². The molecule has 0 unspecified atom stereocenters. The van der Waals surface area contributed by atoms with Gasteiger partial charge in [-0.1, -0.05) is 0 Å². The van der Waals surface area contributed by atoms with E-state index in [1.165, 1.54) is 0 Å². The maximum atomic E-state index is 11.2. The standard InChI is InChI=1S/C12H12N4O/c1-8-2-4-14-7-10(8)6-9-3-5-15-16-11(9)12(13)17/h2-5,7H,6H2,1H3,(H2,13,17). The zero-order chi connectivity index (χ0) is 12.3. The molecule has 1 amide bonds. The first-order chi connectivity index (χ1) is 8.18. The van der Waals surface area contributed by atoms with E-state index in [4.69, 9.17) is 5.73 Å². The maximum absolute atomic E-state index is 11.2. The third-order valence-corrected chi connectivity index (χ3v) is 2.57. The number of primary amides is 1. The fraction of sp³-hybridized carbons (Fsp3) is 0.167. The SMILES string of the molecule is Cc1ccncc1Cc1ccnnc1C(N)=O. The van der Waals surface area contributed by atoms with Crippen molar-refractivity contribution in [2.75, 3.05) is 0 Å². The summed E-state index contributed by atoms with van der Waals surface area (Å²) in [5.41, 5.74) is 8.40. The number of hydrogen-bond acceptors (Lipinski definition) is 4. The Bertz CT molecular complexity index is 554. The number of aromatic nitrogens is 3. The molecule has 0 spiro atoms. The largest absolute Gasteiger partial charge is 0.364 e. The van der Waals surface area contributed by atoms with Crippen molar-refractivity contribution < 1.29 is 4.79 Å². The van der Waals surface area contributed by atoms with Crippen LogP contribution in [0.15, 0.2) is 30.7 Å². The van der Waals surface area contributed by atoms with Crippen molar-refractivity contribution in [1.82, 2.24) is 15.2 Å². The lowest BCUT2D eigenvalue weighted by atomic mass is 10.0. The Morgan fingerprint density at radius 2 is 2.12 bits per heavy atom. The summed E-state index contributed by atoms with van der Waals surface area (Å²) >= 11 is 0. The van der Waals surface area contributed by atoms with Gasteiger partial charge in [-0.3, -0.25) is 9.78 Å². The first-order valence-electron chi connectivity index (χ1n) is 5.18. The maximum Gasteiger partial charge on any atom is 0.269 e. The van der Waals surface area contributed by atoms with Gasteiger partial charge in [-0.2, -0.15) is 5.10 Å². The number of hydrogen-bond donors (Lipinski definition) is 1. The molecule has 2 aromatic heterocycles. The monoisotopic (exact) mass is 228 g/mol. The summed E-state index contributed by atoms with van der Waals surface area (Å²) in [7, 11) is 0. The molecule has 17 heavy (non-hydrogen) atoms. The van der Waals surface area contributed by atoms with E-state index >= 15 is 0 Å². The molecule has 2 N–H and O–H groups in total. The number of carbonyl (C=O) groups excluding carboxylic acids is 1. The van der Waals surface area contributed by atoms with Gasteiger partial charge in [-0.15, -0.1) is 5.10 Å². The van der Waals surface area contributed by atoms with Crippen molar-refractivity contribution >= 4 is 5.91 Å². The first kappa shape index (κ1) is 11.2. The zero-order valence-electron chi connectivity index (χ0n) is 9.42. The molecule has 0 saturated carbocycles. The van der Waals surface area contributed by atoms with Crippen LogP contribution >= 0.6 is 0 Å². The highest BCUT2D eigenvalue weighted by Gasteiger charge is 2.11. The van der Waals surface area contributed by atoms with E-state index in [9.17, 15) is 4.79 Å². The minimum Gasteiger partial charge on any atom is -0.364 e. The van der Waals surface area contributed by atoms with E-state index in [0.29, 0.717) is 6.42 Å². The Balaban J connectivity index is 2.37. The van der Waals surface area contributed by atoms with E-state index in [2.05, 4.69) is 15.2 Å². The highest BCUT2D eigenvalue weighted by atomic mass is 16.1. The predicted molar refractivity (Wildman–Crippen MR) is 62.3 cm³/mol. The smallest absolute Gasteiger partial charge is 0.269 e. The van der Waals surface area contributed by atoms with E-state index in [-0.39, 0.29) is 5.69 Å². The zero-order valence-corrected chi connectivity index (χ0v) is 9.42. The van der Waals surface area contributed by atoms with Gasteiger partial charge >= 0.3 is 0 Å². The van der Waals surface area contributed by atoms with Crippen LogP contribution in [0.25, 0.3) is 0 Å². The number of pyridine rings is 1. The highest BCUT2D eigenvalue weighted by Crippen LogP contribution is 2.13. The van der Waals surface area contributed by atoms with Crippen LogP contribution in [0.5, 0.6) is 0 Å². The van der Waals surface area contributed by atoms with E-state index in [1.54, 1.807) is 24.7 Å². The number of aryl methyl sites for hydroxylation is 1. The number of carbonyl (C=O) groups is 1. The predicted octanol–water partition coefficient (Wildman–Crippen LogP) is 0.870. The van der Waals surface area contributed by atoms with Crippen LogP contribution in [-0.4, -0.2) is 21.1 Å². The van der Waals surface area contributed by atoms with Crippen LogP contribution < -0.4 is 5.73 Å². The average molecular weight is 228 g/mol. The summed E-state index contributed by atoms with van der Waals surface area (Å²) in [5, 5.41) is 7.42. The van der Waals surface area contributed by atoms with E-state index in [0.717, 1.165) is 16.7 Å². The minimum atomic E-state index is -0.561. The Morgan fingerprint density at radius 3 is 2.82 bits per heavy atom. The van der Waals surface area contributed by atoms with Gasteiger partial charge < -0.3 is 5.73 Å².